The zero-order valence-electron chi connectivity index (χ0n) is 17.4. The van der Waals surface area contributed by atoms with E-state index in [0.717, 1.165) is 17.0 Å². The van der Waals surface area contributed by atoms with E-state index in [1.165, 1.54) is 18.2 Å². The van der Waals surface area contributed by atoms with E-state index in [2.05, 4.69) is 4.98 Å². The van der Waals surface area contributed by atoms with Crippen LogP contribution in [0.5, 0.6) is 0 Å². The van der Waals surface area contributed by atoms with Gasteiger partial charge in [0, 0.05) is 29.3 Å². The Hall–Kier alpha value is -3.83. The minimum Gasteiger partial charge on any atom is -0.480 e. The van der Waals surface area contributed by atoms with Crippen molar-refractivity contribution in [1.29, 1.82) is 0 Å². The van der Waals surface area contributed by atoms with Crippen molar-refractivity contribution in [3.63, 3.8) is 0 Å². The van der Waals surface area contributed by atoms with Gasteiger partial charge in [-0.05, 0) is 23.8 Å². The number of nitrogens with zero attached hydrogens (tertiary/aromatic N) is 3. The molecule has 12 heteroatoms. The predicted octanol–water partition coefficient (Wildman–Crippen LogP) is 3.47. The first-order chi connectivity index (χ1) is 16.0. The van der Waals surface area contributed by atoms with Crippen molar-refractivity contribution in [2.75, 3.05) is 5.01 Å². The Kier molecular flexibility index (Phi) is 7.28. The normalized spacial score (nSPS) is 12.9. The van der Waals surface area contributed by atoms with Crippen molar-refractivity contribution >= 4 is 23.3 Å². The maximum absolute atomic E-state index is 12.8. The molecule has 0 radical (unpaired) electrons. The number of aromatic nitrogens is 2. The largest absolute Gasteiger partial charge is 0.480 e. The first-order valence-electron chi connectivity index (χ1n) is 9.70. The van der Waals surface area contributed by atoms with E-state index in [1.807, 2.05) is 0 Å². The van der Waals surface area contributed by atoms with Gasteiger partial charge in [0.1, 0.15) is 11.7 Å². The van der Waals surface area contributed by atoms with E-state index in [4.69, 9.17) is 23.2 Å². The summed E-state index contributed by atoms with van der Waals surface area (Å²) in [7, 11) is 0. The van der Waals surface area contributed by atoms with Gasteiger partial charge in [-0.15, -0.1) is 0 Å². The smallest absolute Gasteiger partial charge is 0.432 e. The fourth-order valence-electron chi connectivity index (χ4n) is 3.16. The molecule has 1 unspecified atom stereocenters. The molecular weight excluding hydrogens is 475 g/mol. The van der Waals surface area contributed by atoms with Crippen LogP contribution in [0.15, 0.2) is 77.6 Å². The van der Waals surface area contributed by atoms with Crippen LogP contribution in [0.2, 0.25) is 5.02 Å². The maximum atomic E-state index is 12.8. The van der Waals surface area contributed by atoms with Crippen molar-refractivity contribution < 1.29 is 23.1 Å². The Morgan fingerprint density at radius 1 is 1.21 bits per heavy atom. The third kappa shape index (κ3) is 5.74. The molecular formula is C22H19ClF3N5O3. The molecule has 0 amide bonds. The van der Waals surface area contributed by atoms with Crippen LogP contribution < -0.4 is 22.1 Å². The van der Waals surface area contributed by atoms with Gasteiger partial charge < -0.3 is 10.8 Å². The van der Waals surface area contributed by atoms with Crippen LogP contribution in [0.3, 0.4) is 0 Å². The summed E-state index contributed by atoms with van der Waals surface area (Å²) in [5.74, 6) is 4.54. The number of nitrogens with two attached hydrogens (primary N) is 2. The van der Waals surface area contributed by atoms with Crippen LogP contribution >= 0.6 is 11.6 Å². The number of carbonyl (C=O) groups is 1. The van der Waals surface area contributed by atoms with Crippen molar-refractivity contribution in [2.45, 2.75) is 18.6 Å². The van der Waals surface area contributed by atoms with E-state index in [9.17, 15) is 27.9 Å². The molecule has 34 heavy (non-hydrogen) atoms. The molecule has 0 aliphatic heterocycles. The van der Waals surface area contributed by atoms with Gasteiger partial charge in [0.15, 0.2) is 0 Å². The van der Waals surface area contributed by atoms with Gasteiger partial charge in [0.2, 0.25) is 0 Å². The Morgan fingerprint density at radius 2 is 1.88 bits per heavy atom. The van der Waals surface area contributed by atoms with Crippen LogP contribution in [0.25, 0.3) is 11.3 Å². The number of hydrazine groups is 1. The molecule has 1 aromatic heterocycles. The van der Waals surface area contributed by atoms with Crippen molar-refractivity contribution in [3.8, 4) is 11.3 Å². The summed E-state index contributed by atoms with van der Waals surface area (Å²) < 4.78 is 39.4. The summed E-state index contributed by atoms with van der Waals surface area (Å²) >= 11 is 6.03. The molecule has 0 saturated carbocycles. The molecule has 0 bridgehead atoms. The lowest BCUT2D eigenvalue weighted by Crippen LogP contribution is -2.32. The predicted molar refractivity (Wildman–Crippen MR) is 121 cm³/mol. The Bertz CT molecular complexity index is 1280. The summed E-state index contributed by atoms with van der Waals surface area (Å²) in [4.78, 5) is 28.8. The highest BCUT2D eigenvalue weighted by Crippen LogP contribution is 2.32. The standard InChI is InChI=1S/C22H19ClF3N5O3/c23-14-6-7-17(31(28)11-19(27)22(24,25)26)15(9-14)16-10-20(32)30(12-29-16)18(21(33)34)8-13-4-2-1-3-5-13/h1-7,9-12,18H,8,27-28H2,(H,33,34)/b19-11-. The highest BCUT2D eigenvalue weighted by Gasteiger charge is 2.32. The fraction of sp³-hybridized carbons (Fsp3) is 0.136. The number of halogens is 4. The number of benzene rings is 2. The second kappa shape index (κ2) is 9.98. The lowest BCUT2D eigenvalue weighted by Gasteiger charge is -2.20. The van der Waals surface area contributed by atoms with E-state index < -0.39 is 29.4 Å². The fourth-order valence-corrected chi connectivity index (χ4v) is 3.34. The molecule has 2 aromatic carbocycles. The summed E-state index contributed by atoms with van der Waals surface area (Å²) in [5.41, 5.74) is 3.81. The minimum atomic E-state index is -4.80. The SMILES string of the molecule is N/C(=C\N(N)c1ccc(Cl)cc1-c1cc(=O)n(C(Cc2ccccc2)C(=O)O)cn1)C(F)(F)F. The molecule has 0 spiro atoms. The number of rotatable bonds is 7. The molecule has 1 heterocycles. The van der Waals surface area contributed by atoms with Gasteiger partial charge in [-0.25, -0.2) is 15.6 Å². The second-order valence-electron chi connectivity index (χ2n) is 7.21. The van der Waals surface area contributed by atoms with Crippen molar-refractivity contribution in [1.82, 2.24) is 9.55 Å². The number of hydrogen-bond acceptors (Lipinski definition) is 6. The number of carboxylic acid groups (broad SMARTS) is 1. The molecule has 3 rings (SSSR count). The third-order valence-electron chi connectivity index (χ3n) is 4.85. The number of anilines is 1. The van der Waals surface area contributed by atoms with Crippen LogP contribution in [0.4, 0.5) is 18.9 Å². The quantitative estimate of drug-likeness (QED) is 0.339. The molecule has 5 N–H and O–H groups in total. The van der Waals surface area contributed by atoms with E-state index >= 15 is 0 Å². The van der Waals surface area contributed by atoms with Gasteiger partial charge in [0.25, 0.3) is 5.56 Å². The van der Waals surface area contributed by atoms with Gasteiger partial charge in [-0.3, -0.25) is 14.4 Å². The first kappa shape index (κ1) is 24.8. The summed E-state index contributed by atoms with van der Waals surface area (Å²) in [6.45, 7) is 0. The summed E-state index contributed by atoms with van der Waals surface area (Å²) in [6, 6.07) is 12.7. The van der Waals surface area contributed by atoms with Crippen LogP contribution in [-0.4, -0.2) is 26.8 Å². The summed E-state index contributed by atoms with van der Waals surface area (Å²) in [5, 5.41) is 10.5. The van der Waals surface area contributed by atoms with Gasteiger partial charge in [0.05, 0.1) is 17.7 Å². The molecule has 0 aliphatic carbocycles. The Balaban J connectivity index is 2.02. The van der Waals surface area contributed by atoms with E-state index in [1.54, 1.807) is 30.3 Å². The molecule has 0 fully saturated rings. The lowest BCUT2D eigenvalue weighted by molar-refractivity contribution is -0.141. The first-order valence-corrected chi connectivity index (χ1v) is 10.1. The Morgan fingerprint density at radius 3 is 2.47 bits per heavy atom. The van der Waals surface area contributed by atoms with E-state index in [-0.39, 0.29) is 28.4 Å². The minimum absolute atomic E-state index is 0.0250. The number of carboxylic acids is 1. The highest BCUT2D eigenvalue weighted by atomic mass is 35.5. The van der Waals surface area contributed by atoms with Crippen LogP contribution in [0, 0.1) is 0 Å². The van der Waals surface area contributed by atoms with E-state index in [0.29, 0.717) is 16.8 Å². The third-order valence-corrected chi connectivity index (χ3v) is 5.08. The average Bonchev–Trinajstić information content (AvgIpc) is 2.77. The van der Waals surface area contributed by atoms with Crippen LogP contribution in [0.1, 0.15) is 11.6 Å². The Labute approximate surface area is 196 Å². The zero-order chi connectivity index (χ0) is 25.0. The number of hydrogen-bond donors (Lipinski definition) is 3. The van der Waals surface area contributed by atoms with Crippen LogP contribution in [-0.2, 0) is 11.2 Å². The topological polar surface area (TPSA) is 127 Å². The molecule has 3 aromatic rings. The maximum Gasteiger partial charge on any atom is 0.432 e. The van der Waals surface area contributed by atoms with Gasteiger partial charge >= 0.3 is 12.1 Å². The molecule has 0 aliphatic rings. The second-order valence-corrected chi connectivity index (χ2v) is 7.65. The molecule has 8 nitrogen and oxygen atoms in total. The van der Waals surface area contributed by atoms with Gasteiger partial charge in [-0.2, -0.15) is 13.2 Å². The molecule has 178 valence electrons. The molecule has 0 saturated heterocycles. The summed E-state index contributed by atoms with van der Waals surface area (Å²) in [6.07, 6.45) is -3.22. The van der Waals surface area contributed by atoms with Crippen molar-refractivity contribution in [3.05, 3.63) is 93.8 Å². The highest BCUT2D eigenvalue weighted by molar-refractivity contribution is 6.31. The van der Waals surface area contributed by atoms with Gasteiger partial charge in [-0.1, -0.05) is 41.9 Å². The number of alkyl halides is 3. The number of aliphatic carboxylic acids is 1. The average molecular weight is 494 g/mol. The van der Waals surface area contributed by atoms with Crippen molar-refractivity contribution in [2.24, 2.45) is 11.6 Å². The lowest BCUT2D eigenvalue weighted by atomic mass is 10.1. The zero-order valence-corrected chi connectivity index (χ0v) is 18.2. The number of allylic oxidation sites excluding steroid dienone is 1. The monoisotopic (exact) mass is 493 g/mol. The molecule has 1 atom stereocenters.